The fraction of sp³-hybridized carbons (Fsp3) is 0.333. The lowest BCUT2D eigenvalue weighted by atomic mass is 10.0. The van der Waals surface area contributed by atoms with E-state index in [0.717, 1.165) is 24.1 Å². The Morgan fingerprint density at radius 2 is 1.73 bits per heavy atom. The molecule has 5 heteroatoms. The molecule has 0 aromatic heterocycles. The largest absolute Gasteiger partial charge is 0.349 e. The van der Waals surface area contributed by atoms with Crippen molar-refractivity contribution in [2.24, 2.45) is 5.92 Å². The summed E-state index contributed by atoms with van der Waals surface area (Å²) in [5, 5.41) is 8.58. The Morgan fingerprint density at radius 3 is 2.38 bits per heavy atom. The van der Waals surface area contributed by atoms with Gasteiger partial charge in [0.15, 0.2) is 0 Å². The Bertz CT molecular complexity index is 740. The topological polar surface area (TPSA) is 70.2 Å². The Balaban J connectivity index is 1.44. The van der Waals surface area contributed by atoms with Crippen LogP contribution in [0.4, 0.5) is 10.5 Å². The van der Waals surface area contributed by atoms with E-state index < -0.39 is 0 Å². The number of anilines is 1. The molecule has 0 spiro atoms. The van der Waals surface area contributed by atoms with E-state index in [1.54, 1.807) is 0 Å². The quantitative estimate of drug-likeness (QED) is 0.710. The van der Waals surface area contributed by atoms with Gasteiger partial charge in [-0.15, -0.1) is 0 Å². The number of nitrogens with one attached hydrogen (secondary N) is 3. The summed E-state index contributed by atoms with van der Waals surface area (Å²) in [5.41, 5.74) is 3.09. The molecule has 26 heavy (non-hydrogen) atoms. The fourth-order valence-electron chi connectivity index (χ4n) is 2.91. The molecule has 136 valence electrons. The van der Waals surface area contributed by atoms with Crippen LogP contribution in [-0.4, -0.2) is 18.5 Å². The van der Waals surface area contributed by atoms with Crippen molar-refractivity contribution in [3.63, 3.8) is 0 Å². The molecule has 1 fully saturated rings. The van der Waals surface area contributed by atoms with E-state index in [2.05, 4.69) is 47.1 Å². The first-order valence-electron chi connectivity index (χ1n) is 9.07. The number of benzene rings is 2. The summed E-state index contributed by atoms with van der Waals surface area (Å²) in [6.45, 7) is 2.36. The van der Waals surface area contributed by atoms with E-state index in [-0.39, 0.29) is 24.4 Å². The summed E-state index contributed by atoms with van der Waals surface area (Å²) in [5.74, 6) is 0.485. The van der Waals surface area contributed by atoms with Crippen LogP contribution in [0.25, 0.3) is 0 Å². The van der Waals surface area contributed by atoms with Crippen LogP contribution in [0.1, 0.15) is 36.4 Å². The number of hydrogen-bond donors (Lipinski definition) is 3. The predicted molar refractivity (Wildman–Crippen MR) is 103 cm³/mol. The standard InChI is InChI=1S/C21H25N3O2/c1-15-7-9-16(10-8-15)20(17-11-12-17)24-19(25)13-14-22-21(26)23-18-5-3-2-4-6-18/h2-10,17,20H,11-14H2,1H3,(H,24,25)(H2,22,23,26)/t20-/m1/s1. The zero-order valence-corrected chi connectivity index (χ0v) is 15.0. The summed E-state index contributed by atoms with van der Waals surface area (Å²) in [6, 6.07) is 17.3. The molecule has 1 saturated carbocycles. The highest BCUT2D eigenvalue weighted by Crippen LogP contribution is 2.41. The number of hydrogen-bond acceptors (Lipinski definition) is 2. The molecule has 2 aromatic rings. The molecule has 0 aliphatic heterocycles. The van der Waals surface area contributed by atoms with Crippen molar-refractivity contribution in [1.29, 1.82) is 0 Å². The lowest BCUT2D eigenvalue weighted by molar-refractivity contribution is -0.121. The van der Waals surface area contributed by atoms with Crippen LogP contribution >= 0.6 is 0 Å². The maximum atomic E-state index is 12.3. The molecule has 0 saturated heterocycles. The second-order valence-corrected chi connectivity index (χ2v) is 6.79. The van der Waals surface area contributed by atoms with Crippen molar-refractivity contribution < 1.29 is 9.59 Å². The first-order valence-corrected chi connectivity index (χ1v) is 9.07. The summed E-state index contributed by atoms with van der Waals surface area (Å²) >= 11 is 0. The number of carbonyl (C=O) groups is 2. The van der Waals surface area contributed by atoms with Crippen LogP contribution < -0.4 is 16.0 Å². The molecular formula is C21H25N3O2. The monoisotopic (exact) mass is 351 g/mol. The molecule has 0 radical (unpaired) electrons. The lowest BCUT2D eigenvalue weighted by Gasteiger charge is -2.19. The smallest absolute Gasteiger partial charge is 0.319 e. The summed E-state index contributed by atoms with van der Waals surface area (Å²) in [7, 11) is 0. The first kappa shape index (κ1) is 18.0. The van der Waals surface area contributed by atoms with Gasteiger partial charge in [0.05, 0.1) is 6.04 Å². The van der Waals surface area contributed by atoms with Crippen LogP contribution in [0.3, 0.4) is 0 Å². The number of aryl methyl sites for hydroxylation is 1. The van der Waals surface area contributed by atoms with E-state index in [1.165, 1.54) is 5.56 Å². The van der Waals surface area contributed by atoms with Crippen molar-refractivity contribution in [2.75, 3.05) is 11.9 Å². The van der Waals surface area contributed by atoms with E-state index >= 15 is 0 Å². The maximum Gasteiger partial charge on any atom is 0.319 e. The molecule has 0 unspecified atom stereocenters. The number of amides is 3. The minimum absolute atomic E-state index is 0.0394. The number of carbonyl (C=O) groups excluding carboxylic acids is 2. The third kappa shape index (κ3) is 5.34. The predicted octanol–water partition coefficient (Wildman–Crippen LogP) is 3.77. The normalized spacial score (nSPS) is 14.3. The zero-order valence-electron chi connectivity index (χ0n) is 15.0. The second-order valence-electron chi connectivity index (χ2n) is 6.79. The van der Waals surface area contributed by atoms with Gasteiger partial charge < -0.3 is 16.0 Å². The lowest BCUT2D eigenvalue weighted by Crippen LogP contribution is -2.35. The van der Waals surface area contributed by atoms with Crippen molar-refractivity contribution in [3.05, 3.63) is 65.7 Å². The number of para-hydroxylation sites is 1. The van der Waals surface area contributed by atoms with E-state index in [4.69, 9.17) is 0 Å². The fourth-order valence-corrected chi connectivity index (χ4v) is 2.91. The van der Waals surface area contributed by atoms with Crippen molar-refractivity contribution in [1.82, 2.24) is 10.6 Å². The first-order chi connectivity index (χ1) is 12.6. The molecule has 3 N–H and O–H groups in total. The van der Waals surface area contributed by atoms with Crippen LogP contribution in [0, 0.1) is 12.8 Å². The van der Waals surface area contributed by atoms with Gasteiger partial charge in [0, 0.05) is 18.7 Å². The molecule has 1 aliphatic rings. The Morgan fingerprint density at radius 1 is 1.04 bits per heavy atom. The molecule has 1 aliphatic carbocycles. The van der Waals surface area contributed by atoms with E-state index in [0.29, 0.717) is 12.5 Å². The molecule has 3 rings (SSSR count). The van der Waals surface area contributed by atoms with Crippen molar-refractivity contribution >= 4 is 17.6 Å². The summed E-state index contributed by atoms with van der Waals surface area (Å²) in [6.07, 6.45) is 2.56. The van der Waals surface area contributed by atoms with Gasteiger partial charge in [-0.3, -0.25) is 4.79 Å². The van der Waals surface area contributed by atoms with Gasteiger partial charge in [0.1, 0.15) is 0 Å². The van der Waals surface area contributed by atoms with Crippen molar-refractivity contribution in [3.8, 4) is 0 Å². The van der Waals surface area contributed by atoms with Gasteiger partial charge >= 0.3 is 6.03 Å². The third-order valence-corrected chi connectivity index (χ3v) is 4.52. The highest BCUT2D eigenvalue weighted by Gasteiger charge is 2.33. The van der Waals surface area contributed by atoms with Gasteiger partial charge in [-0.05, 0) is 43.4 Å². The van der Waals surface area contributed by atoms with Gasteiger partial charge in [-0.1, -0.05) is 48.0 Å². The zero-order chi connectivity index (χ0) is 18.4. The molecule has 1 atom stereocenters. The highest BCUT2D eigenvalue weighted by molar-refractivity contribution is 5.89. The second kappa shape index (κ2) is 8.52. The molecule has 0 bridgehead atoms. The van der Waals surface area contributed by atoms with E-state index in [1.807, 2.05) is 30.3 Å². The minimum atomic E-state index is -0.304. The molecule has 0 heterocycles. The van der Waals surface area contributed by atoms with Crippen molar-refractivity contribution in [2.45, 2.75) is 32.2 Å². The van der Waals surface area contributed by atoms with Gasteiger partial charge in [0.2, 0.25) is 5.91 Å². The Labute approximate surface area is 154 Å². The van der Waals surface area contributed by atoms with Crippen LogP contribution in [0.15, 0.2) is 54.6 Å². The highest BCUT2D eigenvalue weighted by atomic mass is 16.2. The average molecular weight is 351 g/mol. The van der Waals surface area contributed by atoms with Crippen LogP contribution in [-0.2, 0) is 4.79 Å². The van der Waals surface area contributed by atoms with E-state index in [9.17, 15) is 9.59 Å². The minimum Gasteiger partial charge on any atom is -0.349 e. The summed E-state index contributed by atoms with van der Waals surface area (Å²) in [4.78, 5) is 24.1. The number of rotatable bonds is 7. The van der Waals surface area contributed by atoms with Gasteiger partial charge in [-0.2, -0.15) is 0 Å². The third-order valence-electron chi connectivity index (χ3n) is 4.52. The summed E-state index contributed by atoms with van der Waals surface area (Å²) < 4.78 is 0. The maximum absolute atomic E-state index is 12.3. The molecule has 5 nitrogen and oxygen atoms in total. The van der Waals surface area contributed by atoms with Gasteiger partial charge in [-0.25, -0.2) is 4.79 Å². The Kier molecular flexibility index (Phi) is 5.89. The molecule has 2 aromatic carbocycles. The number of urea groups is 1. The van der Waals surface area contributed by atoms with Gasteiger partial charge in [0.25, 0.3) is 0 Å². The molecular weight excluding hydrogens is 326 g/mol. The SMILES string of the molecule is Cc1ccc([C@@H](NC(=O)CCNC(=O)Nc2ccccc2)C2CC2)cc1. The molecule has 3 amide bonds. The Hall–Kier alpha value is -2.82. The average Bonchev–Trinajstić information content (AvgIpc) is 3.46. The van der Waals surface area contributed by atoms with Crippen LogP contribution in [0.2, 0.25) is 0 Å². The van der Waals surface area contributed by atoms with Crippen LogP contribution in [0.5, 0.6) is 0 Å².